The average molecular weight is 367 g/mol. The number of nitrogens with zero attached hydrogens (tertiary/aromatic N) is 2. The molecule has 26 heavy (non-hydrogen) atoms. The van der Waals surface area contributed by atoms with E-state index in [1.54, 1.807) is 0 Å². The lowest BCUT2D eigenvalue weighted by atomic mass is 10.0. The topological polar surface area (TPSA) is 68.0 Å². The second-order valence-corrected chi connectivity index (χ2v) is 7.51. The lowest BCUT2D eigenvalue weighted by Crippen LogP contribution is -2.22. The number of carbonyl (C=O) groups is 1. The summed E-state index contributed by atoms with van der Waals surface area (Å²) >= 11 is 1.26. The van der Waals surface area contributed by atoms with Crippen molar-refractivity contribution in [2.24, 2.45) is 0 Å². The lowest BCUT2D eigenvalue weighted by Gasteiger charge is -2.14. The van der Waals surface area contributed by atoms with E-state index in [1.165, 1.54) is 11.8 Å². The molecule has 0 saturated carbocycles. The van der Waals surface area contributed by atoms with E-state index in [4.69, 9.17) is 4.42 Å². The number of hydrogen-bond acceptors (Lipinski definition) is 5. The van der Waals surface area contributed by atoms with Crippen molar-refractivity contribution in [1.82, 2.24) is 10.2 Å². The number of hydrogen-bond donors (Lipinski definition) is 1. The van der Waals surface area contributed by atoms with Crippen LogP contribution in [0, 0.1) is 0 Å². The number of carbonyl (C=O) groups excluding carboxylic acids is 1. The van der Waals surface area contributed by atoms with Crippen LogP contribution in [0.5, 0.6) is 0 Å². The van der Waals surface area contributed by atoms with Gasteiger partial charge in [0.05, 0.1) is 5.25 Å². The van der Waals surface area contributed by atoms with Gasteiger partial charge in [-0.15, -0.1) is 10.2 Å². The van der Waals surface area contributed by atoms with Crippen LogP contribution in [0.2, 0.25) is 0 Å². The Morgan fingerprint density at radius 3 is 2.38 bits per heavy atom. The molecule has 1 heterocycles. The van der Waals surface area contributed by atoms with E-state index in [2.05, 4.69) is 15.5 Å². The summed E-state index contributed by atoms with van der Waals surface area (Å²) in [4.78, 5) is 12.6. The van der Waals surface area contributed by atoms with Crippen molar-refractivity contribution in [3.63, 3.8) is 0 Å². The zero-order valence-electron chi connectivity index (χ0n) is 15.0. The van der Waals surface area contributed by atoms with Crippen molar-refractivity contribution in [2.45, 2.75) is 37.2 Å². The van der Waals surface area contributed by atoms with E-state index in [0.717, 1.165) is 16.8 Å². The van der Waals surface area contributed by atoms with Crippen LogP contribution < -0.4 is 5.32 Å². The first-order valence-corrected chi connectivity index (χ1v) is 9.38. The average Bonchev–Trinajstić information content (AvgIpc) is 3.11. The summed E-state index contributed by atoms with van der Waals surface area (Å²) in [5.74, 6) is 0.635. The summed E-state index contributed by atoms with van der Waals surface area (Å²) in [5, 5.41) is 11.1. The summed E-state index contributed by atoms with van der Waals surface area (Å²) in [6.07, 6.45) is 0. The molecular weight excluding hydrogens is 346 g/mol. The minimum Gasteiger partial charge on any atom is -0.416 e. The third kappa shape index (κ3) is 4.32. The van der Waals surface area contributed by atoms with Crippen LogP contribution in [0.15, 0.2) is 64.2 Å². The molecule has 1 atom stereocenters. The molecule has 0 radical (unpaired) electrons. The number of nitrogens with one attached hydrogen (secondary N) is 1. The molecule has 0 aliphatic carbocycles. The van der Waals surface area contributed by atoms with E-state index in [0.29, 0.717) is 11.1 Å². The van der Waals surface area contributed by atoms with Crippen LogP contribution in [0.4, 0.5) is 5.69 Å². The molecular formula is C20H21N3O2S. The monoisotopic (exact) mass is 367 g/mol. The van der Waals surface area contributed by atoms with Crippen molar-refractivity contribution < 1.29 is 9.21 Å². The number of amides is 1. The fourth-order valence-corrected chi connectivity index (χ4v) is 3.09. The molecule has 0 spiro atoms. The van der Waals surface area contributed by atoms with Gasteiger partial charge in [-0.25, -0.2) is 0 Å². The molecule has 3 aromatic rings. The minimum atomic E-state index is -0.362. The second kappa shape index (κ2) is 8.19. The molecule has 1 aromatic heterocycles. The van der Waals surface area contributed by atoms with Gasteiger partial charge in [0.25, 0.3) is 5.22 Å². The second-order valence-electron chi connectivity index (χ2n) is 6.22. The smallest absolute Gasteiger partial charge is 0.277 e. The normalized spacial score (nSPS) is 12.2. The highest BCUT2D eigenvalue weighted by atomic mass is 32.2. The Labute approximate surface area is 157 Å². The molecule has 5 nitrogen and oxygen atoms in total. The first kappa shape index (κ1) is 18.2. The minimum absolute atomic E-state index is 0.109. The maximum absolute atomic E-state index is 12.6. The van der Waals surface area contributed by atoms with E-state index >= 15 is 0 Å². The van der Waals surface area contributed by atoms with Crippen LogP contribution in [0.25, 0.3) is 11.1 Å². The van der Waals surface area contributed by atoms with Crippen molar-refractivity contribution in [1.29, 1.82) is 0 Å². The summed E-state index contributed by atoms with van der Waals surface area (Å²) < 4.78 is 5.57. The van der Waals surface area contributed by atoms with Crippen molar-refractivity contribution in [2.75, 3.05) is 5.32 Å². The summed E-state index contributed by atoms with van der Waals surface area (Å²) in [5.41, 5.74) is 2.82. The number of thioether (sulfide) groups is 1. The molecule has 0 fully saturated rings. The predicted molar refractivity (Wildman–Crippen MR) is 104 cm³/mol. The maximum atomic E-state index is 12.6. The first-order valence-electron chi connectivity index (χ1n) is 8.50. The molecule has 134 valence electrons. The van der Waals surface area contributed by atoms with Gasteiger partial charge >= 0.3 is 0 Å². The zero-order valence-corrected chi connectivity index (χ0v) is 15.8. The van der Waals surface area contributed by atoms with Gasteiger partial charge < -0.3 is 9.73 Å². The van der Waals surface area contributed by atoms with Crippen LogP contribution in [-0.2, 0) is 4.79 Å². The van der Waals surface area contributed by atoms with Crippen molar-refractivity contribution >= 4 is 23.4 Å². The highest BCUT2D eigenvalue weighted by Crippen LogP contribution is 2.29. The van der Waals surface area contributed by atoms with Gasteiger partial charge in [0.15, 0.2) is 0 Å². The fourth-order valence-electron chi connectivity index (χ4n) is 2.40. The highest BCUT2D eigenvalue weighted by Gasteiger charge is 2.20. The summed E-state index contributed by atoms with van der Waals surface area (Å²) in [6, 6.07) is 17.7. The zero-order chi connectivity index (χ0) is 18.5. The van der Waals surface area contributed by atoms with E-state index < -0.39 is 0 Å². The van der Waals surface area contributed by atoms with Gasteiger partial charge in [-0.3, -0.25) is 4.79 Å². The van der Waals surface area contributed by atoms with Gasteiger partial charge in [-0.05, 0) is 18.6 Å². The van der Waals surface area contributed by atoms with Crippen LogP contribution >= 0.6 is 11.8 Å². The SMILES string of the molecule is CC(C)c1nnc(S[C@H](C)C(=O)Nc2ccccc2-c2ccccc2)o1. The maximum Gasteiger partial charge on any atom is 0.277 e. The van der Waals surface area contributed by atoms with Gasteiger partial charge in [0.2, 0.25) is 11.8 Å². The number of anilines is 1. The Hall–Kier alpha value is -2.60. The number of benzene rings is 2. The highest BCUT2D eigenvalue weighted by molar-refractivity contribution is 8.00. The third-order valence-corrected chi connectivity index (χ3v) is 4.77. The fraction of sp³-hybridized carbons (Fsp3) is 0.250. The quantitative estimate of drug-likeness (QED) is 0.622. The summed E-state index contributed by atoms with van der Waals surface area (Å²) in [7, 11) is 0. The molecule has 0 unspecified atom stereocenters. The van der Waals surface area contributed by atoms with E-state index in [1.807, 2.05) is 75.4 Å². The Kier molecular flexibility index (Phi) is 5.73. The molecule has 0 aliphatic heterocycles. The van der Waals surface area contributed by atoms with Gasteiger partial charge in [-0.1, -0.05) is 74.1 Å². The largest absolute Gasteiger partial charge is 0.416 e. The van der Waals surface area contributed by atoms with E-state index in [9.17, 15) is 4.79 Å². The van der Waals surface area contributed by atoms with Gasteiger partial charge in [0.1, 0.15) is 0 Å². The molecule has 1 amide bonds. The Bertz CT molecular complexity index is 878. The molecule has 3 rings (SSSR count). The molecule has 6 heteroatoms. The number of para-hydroxylation sites is 1. The summed E-state index contributed by atoms with van der Waals surface area (Å²) in [6.45, 7) is 5.79. The predicted octanol–water partition coefficient (Wildman–Crippen LogP) is 4.98. The van der Waals surface area contributed by atoms with Crippen LogP contribution in [-0.4, -0.2) is 21.4 Å². The third-order valence-electron chi connectivity index (χ3n) is 3.83. The molecule has 1 N–H and O–H groups in total. The van der Waals surface area contributed by atoms with Gasteiger partial charge in [0, 0.05) is 17.2 Å². The van der Waals surface area contributed by atoms with Crippen molar-refractivity contribution in [3.05, 3.63) is 60.5 Å². The van der Waals surface area contributed by atoms with E-state index in [-0.39, 0.29) is 17.1 Å². The number of rotatable bonds is 6. The number of aromatic nitrogens is 2. The molecule has 0 aliphatic rings. The standard InChI is InChI=1S/C20H21N3O2S/c1-13(2)19-22-23-20(25-19)26-14(3)18(24)21-17-12-8-7-11-16(17)15-9-5-4-6-10-15/h4-14H,1-3H3,(H,21,24)/t14-/m1/s1. The van der Waals surface area contributed by atoms with Crippen molar-refractivity contribution in [3.8, 4) is 11.1 Å². The van der Waals surface area contributed by atoms with Crippen LogP contribution in [0.1, 0.15) is 32.6 Å². The molecule has 0 bridgehead atoms. The molecule has 0 saturated heterocycles. The lowest BCUT2D eigenvalue weighted by molar-refractivity contribution is -0.115. The Morgan fingerprint density at radius 2 is 1.69 bits per heavy atom. The Balaban J connectivity index is 1.71. The molecule has 2 aromatic carbocycles. The van der Waals surface area contributed by atoms with Crippen LogP contribution in [0.3, 0.4) is 0 Å². The first-order chi connectivity index (χ1) is 12.5. The Morgan fingerprint density at radius 1 is 1.00 bits per heavy atom. The van der Waals surface area contributed by atoms with Gasteiger partial charge in [-0.2, -0.15) is 0 Å².